The van der Waals surface area contributed by atoms with E-state index in [1.807, 2.05) is 66.7 Å². The van der Waals surface area contributed by atoms with E-state index in [9.17, 15) is 24.0 Å². The minimum absolute atomic E-state index is 0.0395. The Bertz CT molecular complexity index is 1460. The smallest absolute Gasteiger partial charge is 0.408 e. The van der Waals surface area contributed by atoms with E-state index in [-0.39, 0.29) is 39.3 Å². The van der Waals surface area contributed by atoms with Crippen molar-refractivity contribution in [3.8, 4) is 0 Å². The average molecular weight is 662 g/mol. The first-order chi connectivity index (χ1) is 23.0. The molecule has 0 spiro atoms. The van der Waals surface area contributed by atoms with Crippen LogP contribution in [0.3, 0.4) is 0 Å². The molecular weight excluding hydrogens is 618 g/mol. The number of amides is 3. The summed E-state index contributed by atoms with van der Waals surface area (Å²) >= 11 is 0. The lowest BCUT2D eigenvalue weighted by Crippen LogP contribution is -2.53. The summed E-state index contributed by atoms with van der Waals surface area (Å²) in [5, 5.41) is 7.47. The maximum Gasteiger partial charge on any atom is 0.408 e. The molecule has 0 saturated carbocycles. The number of hydrogen-bond donors (Lipinski definition) is 3. The zero-order valence-electron chi connectivity index (χ0n) is 27.4. The molecular formula is C36H43N3O9. The third-order valence-corrected chi connectivity index (χ3v) is 6.55. The number of nitrogens with one attached hydrogen (secondary N) is 3. The highest BCUT2D eigenvalue weighted by molar-refractivity contribution is 5.91. The topological polar surface area (TPSA) is 158 Å². The Morgan fingerprint density at radius 2 is 1.19 bits per heavy atom. The molecule has 3 N–H and O–H groups in total. The van der Waals surface area contributed by atoms with Crippen molar-refractivity contribution in [2.24, 2.45) is 0 Å². The summed E-state index contributed by atoms with van der Waals surface area (Å²) < 4.78 is 21.7. The molecule has 0 fully saturated rings. The van der Waals surface area contributed by atoms with Crippen molar-refractivity contribution in [1.29, 1.82) is 0 Å². The van der Waals surface area contributed by atoms with Gasteiger partial charge in [0.15, 0.2) is 0 Å². The van der Waals surface area contributed by atoms with Gasteiger partial charge in [0, 0.05) is 6.42 Å². The summed E-state index contributed by atoms with van der Waals surface area (Å²) in [5.41, 5.74) is 1.60. The standard InChI is InChI=1S/C36H43N3O9/c1-36(2,3)48-35(44)39-30(25-45-22-26-13-7-4-8-14-26)33(42)37-21-31(40)38-29(34(43)47-24-28-17-11-6-12-18-28)19-20-32(41)46-23-27-15-9-5-10-16-27/h4-18,29-30H,19-25H2,1-3H3,(H,37,42)(H,38,40)(H,39,44). The quantitative estimate of drug-likeness (QED) is 0.144. The van der Waals surface area contributed by atoms with E-state index in [4.69, 9.17) is 18.9 Å². The molecule has 3 aromatic carbocycles. The molecule has 256 valence electrons. The van der Waals surface area contributed by atoms with Crippen LogP contribution in [0.2, 0.25) is 0 Å². The van der Waals surface area contributed by atoms with Crippen LogP contribution in [0.15, 0.2) is 91.0 Å². The maximum atomic E-state index is 13.1. The molecule has 3 rings (SSSR count). The van der Waals surface area contributed by atoms with Gasteiger partial charge in [0.05, 0.1) is 19.8 Å². The molecule has 0 aliphatic carbocycles. The number of benzene rings is 3. The first-order valence-corrected chi connectivity index (χ1v) is 15.6. The van der Waals surface area contributed by atoms with Crippen molar-refractivity contribution in [1.82, 2.24) is 16.0 Å². The lowest BCUT2D eigenvalue weighted by Gasteiger charge is -2.23. The Balaban J connectivity index is 1.58. The molecule has 12 nitrogen and oxygen atoms in total. The van der Waals surface area contributed by atoms with Gasteiger partial charge >= 0.3 is 18.0 Å². The van der Waals surface area contributed by atoms with E-state index in [2.05, 4.69) is 16.0 Å². The molecule has 0 saturated heterocycles. The average Bonchev–Trinajstić information content (AvgIpc) is 3.07. The third kappa shape index (κ3) is 14.9. The number of hydrogen-bond acceptors (Lipinski definition) is 9. The molecule has 0 aliphatic rings. The van der Waals surface area contributed by atoms with E-state index in [1.54, 1.807) is 45.0 Å². The fraction of sp³-hybridized carbons (Fsp3) is 0.361. The van der Waals surface area contributed by atoms with Crippen LogP contribution < -0.4 is 16.0 Å². The number of carbonyl (C=O) groups is 5. The van der Waals surface area contributed by atoms with Gasteiger partial charge in [0.1, 0.15) is 30.9 Å². The summed E-state index contributed by atoms with van der Waals surface area (Å²) in [5.74, 6) is -2.75. The molecule has 0 radical (unpaired) electrons. The van der Waals surface area contributed by atoms with Gasteiger partial charge in [0.2, 0.25) is 11.8 Å². The zero-order chi connectivity index (χ0) is 34.8. The Morgan fingerprint density at radius 1 is 0.667 bits per heavy atom. The van der Waals surface area contributed by atoms with Gasteiger partial charge in [-0.15, -0.1) is 0 Å². The summed E-state index contributed by atoms with van der Waals surface area (Å²) in [6.45, 7) is 4.51. The van der Waals surface area contributed by atoms with Crippen molar-refractivity contribution in [3.05, 3.63) is 108 Å². The number of carbonyl (C=O) groups excluding carboxylic acids is 5. The van der Waals surface area contributed by atoms with E-state index >= 15 is 0 Å². The van der Waals surface area contributed by atoms with Gasteiger partial charge in [-0.1, -0.05) is 91.0 Å². The Hall–Kier alpha value is -5.23. The van der Waals surface area contributed by atoms with Gasteiger partial charge in [-0.25, -0.2) is 9.59 Å². The monoisotopic (exact) mass is 661 g/mol. The summed E-state index contributed by atoms with van der Waals surface area (Å²) in [4.78, 5) is 63.9. The Kier molecular flexibility index (Phi) is 15.1. The van der Waals surface area contributed by atoms with Crippen LogP contribution in [0.1, 0.15) is 50.3 Å². The second-order valence-corrected chi connectivity index (χ2v) is 11.8. The molecule has 3 amide bonds. The summed E-state index contributed by atoms with van der Waals surface area (Å²) in [6.07, 6.45) is -1.11. The van der Waals surface area contributed by atoms with E-state index in [0.29, 0.717) is 0 Å². The highest BCUT2D eigenvalue weighted by Crippen LogP contribution is 2.09. The lowest BCUT2D eigenvalue weighted by atomic mass is 10.1. The van der Waals surface area contributed by atoms with Crippen LogP contribution >= 0.6 is 0 Å². The summed E-state index contributed by atoms with van der Waals surface area (Å²) in [7, 11) is 0. The third-order valence-electron chi connectivity index (χ3n) is 6.55. The lowest BCUT2D eigenvalue weighted by molar-refractivity contribution is -0.150. The van der Waals surface area contributed by atoms with Gasteiger partial charge in [-0.3, -0.25) is 14.4 Å². The van der Waals surface area contributed by atoms with Crippen LogP contribution in [0.4, 0.5) is 4.79 Å². The minimum atomic E-state index is -1.20. The van der Waals surface area contributed by atoms with Crippen LogP contribution in [-0.4, -0.2) is 60.7 Å². The van der Waals surface area contributed by atoms with Crippen molar-refractivity contribution in [3.63, 3.8) is 0 Å². The molecule has 0 bridgehead atoms. The molecule has 48 heavy (non-hydrogen) atoms. The van der Waals surface area contributed by atoms with Crippen LogP contribution in [0.25, 0.3) is 0 Å². The van der Waals surface area contributed by atoms with Crippen molar-refractivity contribution >= 4 is 29.8 Å². The van der Waals surface area contributed by atoms with E-state index in [1.165, 1.54) is 0 Å². The number of alkyl carbamates (subject to hydrolysis) is 1. The molecule has 12 heteroatoms. The van der Waals surface area contributed by atoms with E-state index < -0.39 is 54.1 Å². The van der Waals surface area contributed by atoms with Crippen molar-refractivity contribution < 1.29 is 42.9 Å². The second kappa shape index (κ2) is 19.4. The Labute approximate surface area is 280 Å². The predicted octanol–water partition coefficient (Wildman–Crippen LogP) is 3.96. The number of rotatable bonds is 17. The molecule has 2 atom stereocenters. The first-order valence-electron chi connectivity index (χ1n) is 15.6. The first kappa shape index (κ1) is 37.2. The Morgan fingerprint density at radius 3 is 1.73 bits per heavy atom. The highest BCUT2D eigenvalue weighted by atomic mass is 16.6. The minimum Gasteiger partial charge on any atom is -0.461 e. The van der Waals surface area contributed by atoms with Crippen LogP contribution in [0, 0.1) is 0 Å². The fourth-order valence-electron chi connectivity index (χ4n) is 4.19. The molecule has 0 heterocycles. The fourth-order valence-corrected chi connectivity index (χ4v) is 4.19. The zero-order valence-corrected chi connectivity index (χ0v) is 27.4. The number of ether oxygens (including phenoxy) is 4. The highest BCUT2D eigenvalue weighted by Gasteiger charge is 2.27. The number of esters is 2. The molecule has 0 aliphatic heterocycles. The molecule has 3 aromatic rings. The SMILES string of the molecule is CC(C)(C)OC(=O)NC(COCc1ccccc1)C(=O)NCC(=O)NC(CCC(=O)OCc1ccccc1)C(=O)OCc1ccccc1. The molecule has 2 unspecified atom stereocenters. The van der Waals surface area contributed by atoms with Crippen molar-refractivity contribution in [2.45, 2.75) is 71.1 Å². The second-order valence-electron chi connectivity index (χ2n) is 11.8. The van der Waals surface area contributed by atoms with Gasteiger partial charge in [-0.05, 0) is 43.9 Å². The van der Waals surface area contributed by atoms with E-state index in [0.717, 1.165) is 16.7 Å². The van der Waals surface area contributed by atoms with Crippen LogP contribution in [-0.2, 0) is 57.9 Å². The molecule has 0 aromatic heterocycles. The van der Waals surface area contributed by atoms with Crippen molar-refractivity contribution in [2.75, 3.05) is 13.2 Å². The van der Waals surface area contributed by atoms with Gasteiger partial charge in [-0.2, -0.15) is 0 Å². The normalized spacial score (nSPS) is 12.1. The summed E-state index contributed by atoms with van der Waals surface area (Å²) in [6, 6.07) is 25.0. The van der Waals surface area contributed by atoms with Gasteiger partial charge < -0.3 is 34.9 Å². The van der Waals surface area contributed by atoms with Crippen LogP contribution in [0.5, 0.6) is 0 Å². The maximum absolute atomic E-state index is 13.1. The predicted molar refractivity (Wildman–Crippen MR) is 176 cm³/mol. The van der Waals surface area contributed by atoms with Gasteiger partial charge in [0.25, 0.3) is 0 Å². The largest absolute Gasteiger partial charge is 0.461 e.